The Morgan fingerprint density at radius 1 is 1.40 bits per heavy atom. The number of rotatable bonds is 5. The highest BCUT2D eigenvalue weighted by molar-refractivity contribution is 5.96. The zero-order chi connectivity index (χ0) is 14.7. The lowest BCUT2D eigenvalue weighted by Crippen LogP contribution is -2.40. The van der Waals surface area contributed by atoms with E-state index in [0.717, 1.165) is 0 Å². The minimum Gasteiger partial charge on any atom is -0.480 e. The standard InChI is InChI=1S/C13H16N4O3/c1-3-4-10(13(19)20)14-12(18)9-5-6-11-16-15-8(2)17(11)7-9/h5-7,10H,3-4H2,1-2H3,(H,14,18)(H,19,20). The molecule has 0 radical (unpaired) electrons. The lowest BCUT2D eigenvalue weighted by atomic mass is 10.1. The van der Waals surface area contributed by atoms with Gasteiger partial charge in [-0.25, -0.2) is 4.79 Å². The molecule has 2 aromatic rings. The van der Waals surface area contributed by atoms with Gasteiger partial charge < -0.3 is 10.4 Å². The van der Waals surface area contributed by atoms with Gasteiger partial charge in [0.2, 0.25) is 0 Å². The second kappa shape index (κ2) is 5.68. The van der Waals surface area contributed by atoms with Gasteiger partial charge in [-0.05, 0) is 25.5 Å². The van der Waals surface area contributed by atoms with Crippen LogP contribution in [0.2, 0.25) is 0 Å². The second-order valence-electron chi connectivity index (χ2n) is 4.55. The van der Waals surface area contributed by atoms with Crippen LogP contribution in [0.25, 0.3) is 5.65 Å². The number of pyridine rings is 1. The van der Waals surface area contributed by atoms with E-state index in [1.807, 2.05) is 6.92 Å². The first kappa shape index (κ1) is 14.0. The van der Waals surface area contributed by atoms with E-state index in [1.54, 1.807) is 29.7 Å². The third-order valence-corrected chi connectivity index (χ3v) is 3.02. The van der Waals surface area contributed by atoms with Crippen molar-refractivity contribution in [3.05, 3.63) is 29.7 Å². The molecule has 20 heavy (non-hydrogen) atoms. The Bertz CT molecular complexity index is 650. The van der Waals surface area contributed by atoms with Gasteiger partial charge in [0.25, 0.3) is 5.91 Å². The minimum atomic E-state index is -1.03. The first-order valence-corrected chi connectivity index (χ1v) is 6.38. The first-order chi connectivity index (χ1) is 9.52. The van der Waals surface area contributed by atoms with Crippen LogP contribution in [-0.2, 0) is 4.79 Å². The predicted molar refractivity (Wildman–Crippen MR) is 71.5 cm³/mol. The minimum absolute atomic E-state index is 0.378. The van der Waals surface area contributed by atoms with Crippen molar-refractivity contribution in [2.24, 2.45) is 0 Å². The maximum absolute atomic E-state index is 12.1. The molecule has 1 unspecified atom stereocenters. The number of aliphatic carboxylic acids is 1. The van der Waals surface area contributed by atoms with Crippen LogP contribution in [0.1, 0.15) is 35.9 Å². The Morgan fingerprint density at radius 2 is 2.15 bits per heavy atom. The summed E-state index contributed by atoms with van der Waals surface area (Å²) in [6.07, 6.45) is 2.68. The molecule has 2 rings (SSSR count). The van der Waals surface area contributed by atoms with Gasteiger partial charge in [0.15, 0.2) is 5.65 Å². The molecule has 1 amide bonds. The van der Waals surface area contributed by atoms with E-state index >= 15 is 0 Å². The van der Waals surface area contributed by atoms with Crippen molar-refractivity contribution < 1.29 is 14.7 Å². The van der Waals surface area contributed by atoms with Crippen molar-refractivity contribution in [3.63, 3.8) is 0 Å². The van der Waals surface area contributed by atoms with E-state index in [9.17, 15) is 9.59 Å². The van der Waals surface area contributed by atoms with Crippen LogP contribution < -0.4 is 5.32 Å². The molecule has 2 heterocycles. The first-order valence-electron chi connectivity index (χ1n) is 6.38. The van der Waals surface area contributed by atoms with Crippen molar-refractivity contribution in [2.75, 3.05) is 0 Å². The SMILES string of the molecule is CCCC(NC(=O)c1ccc2nnc(C)n2c1)C(=O)O. The van der Waals surface area contributed by atoms with Crippen LogP contribution in [0.4, 0.5) is 0 Å². The molecular weight excluding hydrogens is 260 g/mol. The Hall–Kier alpha value is -2.44. The van der Waals surface area contributed by atoms with Gasteiger partial charge >= 0.3 is 5.97 Å². The fourth-order valence-electron chi connectivity index (χ4n) is 1.93. The van der Waals surface area contributed by atoms with E-state index in [2.05, 4.69) is 15.5 Å². The topological polar surface area (TPSA) is 96.6 Å². The van der Waals surface area contributed by atoms with E-state index in [-0.39, 0.29) is 0 Å². The maximum atomic E-state index is 12.1. The normalized spacial score (nSPS) is 12.3. The molecule has 0 spiro atoms. The lowest BCUT2D eigenvalue weighted by molar-refractivity contribution is -0.139. The Morgan fingerprint density at radius 3 is 2.80 bits per heavy atom. The molecule has 7 heteroatoms. The molecular formula is C13H16N4O3. The molecule has 0 aliphatic rings. The summed E-state index contributed by atoms with van der Waals surface area (Å²) >= 11 is 0. The van der Waals surface area contributed by atoms with Crippen molar-refractivity contribution in [2.45, 2.75) is 32.7 Å². The van der Waals surface area contributed by atoms with Crippen LogP contribution in [0, 0.1) is 6.92 Å². The van der Waals surface area contributed by atoms with Gasteiger partial charge in [-0.3, -0.25) is 9.20 Å². The van der Waals surface area contributed by atoms with Crippen LogP contribution in [0.5, 0.6) is 0 Å². The number of nitrogens with one attached hydrogen (secondary N) is 1. The van der Waals surface area contributed by atoms with Gasteiger partial charge in [-0.1, -0.05) is 13.3 Å². The van der Waals surface area contributed by atoms with E-state index in [4.69, 9.17) is 5.11 Å². The summed E-state index contributed by atoms with van der Waals surface area (Å²) in [6, 6.07) is 2.40. The number of aromatic nitrogens is 3. The Balaban J connectivity index is 2.22. The third-order valence-electron chi connectivity index (χ3n) is 3.02. The lowest BCUT2D eigenvalue weighted by Gasteiger charge is -2.13. The highest BCUT2D eigenvalue weighted by Crippen LogP contribution is 2.07. The van der Waals surface area contributed by atoms with Crippen LogP contribution >= 0.6 is 0 Å². The van der Waals surface area contributed by atoms with Gasteiger partial charge in [0, 0.05) is 6.20 Å². The zero-order valence-corrected chi connectivity index (χ0v) is 11.3. The summed E-state index contributed by atoms with van der Waals surface area (Å²) in [6.45, 7) is 3.65. The number of aryl methyl sites for hydroxylation is 1. The zero-order valence-electron chi connectivity index (χ0n) is 11.3. The van der Waals surface area contributed by atoms with Crippen LogP contribution in [0.3, 0.4) is 0 Å². The summed E-state index contributed by atoms with van der Waals surface area (Å²) in [7, 11) is 0. The number of carboxylic acids is 1. The maximum Gasteiger partial charge on any atom is 0.326 e. The molecule has 0 saturated heterocycles. The summed E-state index contributed by atoms with van der Waals surface area (Å²) in [5.74, 6) is -0.777. The van der Waals surface area contributed by atoms with Crippen molar-refractivity contribution in [1.82, 2.24) is 19.9 Å². The smallest absolute Gasteiger partial charge is 0.326 e. The fraction of sp³-hybridized carbons (Fsp3) is 0.385. The summed E-state index contributed by atoms with van der Waals surface area (Å²) in [5, 5.41) is 19.4. The van der Waals surface area contributed by atoms with Gasteiger partial charge in [-0.2, -0.15) is 0 Å². The average molecular weight is 276 g/mol. The number of hydrogen-bond donors (Lipinski definition) is 2. The molecule has 2 aromatic heterocycles. The number of hydrogen-bond acceptors (Lipinski definition) is 4. The molecule has 1 atom stereocenters. The van der Waals surface area contributed by atoms with E-state index < -0.39 is 17.9 Å². The highest BCUT2D eigenvalue weighted by atomic mass is 16.4. The van der Waals surface area contributed by atoms with E-state index in [1.165, 1.54) is 0 Å². The summed E-state index contributed by atoms with van der Waals surface area (Å²) in [4.78, 5) is 23.1. The number of carboxylic acid groups (broad SMARTS) is 1. The van der Waals surface area contributed by atoms with Gasteiger partial charge in [0.1, 0.15) is 11.9 Å². The Kier molecular flexibility index (Phi) is 3.97. The molecule has 0 aromatic carbocycles. The monoisotopic (exact) mass is 276 g/mol. The molecule has 0 saturated carbocycles. The van der Waals surface area contributed by atoms with Crippen LogP contribution in [0.15, 0.2) is 18.3 Å². The number of fused-ring (bicyclic) bond motifs is 1. The van der Waals surface area contributed by atoms with Crippen molar-refractivity contribution in [1.29, 1.82) is 0 Å². The number of carbonyl (C=O) groups is 2. The molecule has 0 aliphatic heterocycles. The molecule has 7 nitrogen and oxygen atoms in total. The average Bonchev–Trinajstić information content (AvgIpc) is 2.79. The van der Waals surface area contributed by atoms with Crippen LogP contribution in [-0.4, -0.2) is 37.6 Å². The number of carbonyl (C=O) groups excluding carboxylic acids is 1. The molecule has 0 aliphatic carbocycles. The van der Waals surface area contributed by atoms with Gasteiger partial charge in [-0.15, -0.1) is 10.2 Å². The summed E-state index contributed by atoms with van der Waals surface area (Å²) in [5.41, 5.74) is 1.02. The highest BCUT2D eigenvalue weighted by Gasteiger charge is 2.20. The molecule has 2 N–H and O–H groups in total. The molecule has 106 valence electrons. The van der Waals surface area contributed by atoms with Crippen molar-refractivity contribution >= 4 is 17.5 Å². The van der Waals surface area contributed by atoms with Gasteiger partial charge in [0.05, 0.1) is 5.56 Å². The van der Waals surface area contributed by atoms with Crippen molar-refractivity contribution in [3.8, 4) is 0 Å². The number of nitrogens with zero attached hydrogens (tertiary/aromatic N) is 3. The molecule has 0 bridgehead atoms. The predicted octanol–water partition coefficient (Wildman–Crippen LogP) is 1.02. The largest absolute Gasteiger partial charge is 0.480 e. The quantitative estimate of drug-likeness (QED) is 0.850. The third kappa shape index (κ3) is 2.76. The second-order valence-corrected chi connectivity index (χ2v) is 4.55. The number of amides is 1. The summed E-state index contributed by atoms with van der Waals surface area (Å²) < 4.78 is 1.69. The van der Waals surface area contributed by atoms with E-state index in [0.29, 0.717) is 29.9 Å². The Labute approximate surface area is 115 Å². The molecule has 0 fully saturated rings. The fourth-order valence-corrected chi connectivity index (χ4v) is 1.93.